The zero-order chi connectivity index (χ0) is 11.9. The van der Waals surface area contributed by atoms with Crippen molar-refractivity contribution >= 4 is 13.5 Å². The summed E-state index contributed by atoms with van der Waals surface area (Å²) >= 11 is 0. The van der Waals surface area contributed by atoms with Gasteiger partial charge in [0.05, 0.1) is 0 Å². The molecule has 1 rings (SSSR count). The van der Waals surface area contributed by atoms with Gasteiger partial charge in [-0.05, 0) is 24.1 Å². The molecule has 1 aromatic carbocycles. The highest BCUT2D eigenvalue weighted by atomic mass is 31.2. The standard InChI is InChI=1S/C8H12N2.H3O4P/c1-2-7-4-3-5-8(6-7)10-9;1-5(2,3)4/h3-6,10H,2,9H2,1H3;(H3,1,2,3,4). The van der Waals surface area contributed by atoms with Gasteiger partial charge in [0, 0.05) is 5.69 Å². The number of nitrogens with two attached hydrogens (primary N) is 1. The minimum absolute atomic E-state index is 0.972. The molecule has 0 radical (unpaired) electrons. The maximum atomic E-state index is 8.88. The quantitative estimate of drug-likeness (QED) is 0.291. The van der Waals surface area contributed by atoms with E-state index in [0.717, 1.165) is 12.1 Å². The van der Waals surface area contributed by atoms with Crippen molar-refractivity contribution in [3.05, 3.63) is 29.8 Å². The zero-order valence-corrected chi connectivity index (χ0v) is 9.19. The fourth-order valence-corrected chi connectivity index (χ4v) is 0.881. The number of hydrogen-bond donors (Lipinski definition) is 5. The molecule has 0 saturated carbocycles. The minimum atomic E-state index is -4.64. The number of phosphoric acid groups is 1. The Morgan fingerprint density at radius 3 is 2.33 bits per heavy atom. The van der Waals surface area contributed by atoms with Crippen molar-refractivity contribution in [1.29, 1.82) is 0 Å². The monoisotopic (exact) mass is 234 g/mol. The van der Waals surface area contributed by atoms with Gasteiger partial charge in [0.1, 0.15) is 0 Å². The number of hydrazine groups is 1. The van der Waals surface area contributed by atoms with E-state index < -0.39 is 7.82 Å². The molecule has 0 fully saturated rings. The maximum absolute atomic E-state index is 8.88. The Morgan fingerprint density at radius 2 is 1.93 bits per heavy atom. The first-order valence-corrected chi connectivity index (χ1v) is 5.77. The van der Waals surface area contributed by atoms with Crippen LogP contribution in [-0.2, 0) is 11.0 Å². The van der Waals surface area contributed by atoms with Crippen LogP contribution in [0, 0.1) is 0 Å². The molecule has 0 atom stereocenters. The summed E-state index contributed by atoms with van der Waals surface area (Å²) in [6, 6.07) is 8.06. The van der Waals surface area contributed by atoms with E-state index in [2.05, 4.69) is 18.4 Å². The van der Waals surface area contributed by atoms with E-state index in [-0.39, 0.29) is 0 Å². The summed E-state index contributed by atoms with van der Waals surface area (Å²) in [4.78, 5) is 21.6. The van der Waals surface area contributed by atoms with E-state index in [4.69, 9.17) is 25.1 Å². The number of aryl methyl sites for hydroxylation is 1. The highest BCUT2D eigenvalue weighted by Crippen LogP contribution is 2.25. The lowest BCUT2D eigenvalue weighted by Gasteiger charge is -2.00. The van der Waals surface area contributed by atoms with E-state index in [1.54, 1.807) is 0 Å². The summed E-state index contributed by atoms with van der Waals surface area (Å²) in [5.41, 5.74) is 4.87. The van der Waals surface area contributed by atoms with Crippen LogP contribution in [0.2, 0.25) is 0 Å². The predicted octanol–water partition coefficient (Wildman–Crippen LogP) is 0.606. The summed E-state index contributed by atoms with van der Waals surface area (Å²) in [6.45, 7) is 2.12. The van der Waals surface area contributed by atoms with Crippen molar-refractivity contribution in [2.45, 2.75) is 13.3 Å². The molecule has 0 bridgehead atoms. The first-order chi connectivity index (χ1) is 6.86. The summed E-state index contributed by atoms with van der Waals surface area (Å²) < 4.78 is 8.88. The number of nitrogens with one attached hydrogen (secondary N) is 1. The Balaban J connectivity index is 0.000000336. The van der Waals surface area contributed by atoms with Crippen molar-refractivity contribution in [2.24, 2.45) is 5.84 Å². The molecule has 0 heterocycles. The van der Waals surface area contributed by atoms with Gasteiger partial charge in [0.15, 0.2) is 0 Å². The van der Waals surface area contributed by atoms with Gasteiger partial charge in [-0.3, -0.25) is 5.84 Å². The second-order valence-corrected chi connectivity index (χ2v) is 3.74. The van der Waals surface area contributed by atoms with Gasteiger partial charge in [0.25, 0.3) is 0 Å². The van der Waals surface area contributed by atoms with Crippen LogP contribution in [0.1, 0.15) is 12.5 Å². The van der Waals surface area contributed by atoms with E-state index in [0.29, 0.717) is 0 Å². The van der Waals surface area contributed by atoms with Crippen LogP contribution in [0.5, 0.6) is 0 Å². The van der Waals surface area contributed by atoms with E-state index in [9.17, 15) is 0 Å². The summed E-state index contributed by atoms with van der Waals surface area (Å²) in [5.74, 6) is 5.22. The lowest BCUT2D eigenvalue weighted by Crippen LogP contribution is -2.06. The average Bonchev–Trinajstić information content (AvgIpc) is 2.15. The molecule has 0 aliphatic carbocycles. The van der Waals surface area contributed by atoms with Crippen LogP contribution in [0.4, 0.5) is 5.69 Å². The van der Waals surface area contributed by atoms with Crippen LogP contribution < -0.4 is 11.3 Å². The topological polar surface area (TPSA) is 116 Å². The molecule has 0 aliphatic rings. The first kappa shape index (κ1) is 14.1. The van der Waals surface area contributed by atoms with Crippen LogP contribution in [0.15, 0.2) is 24.3 Å². The molecule has 15 heavy (non-hydrogen) atoms. The van der Waals surface area contributed by atoms with Gasteiger partial charge in [-0.1, -0.05) is 19.1 Å². The first-order valence-electron chi connectivity index (χ1n) is 4.20. The number of hydrogen-bond acceptors (Lipinski definition) is 3. The normalized spacial score (nSPS) is 10.2. The molecule has 6 N–H and O–H groups in total. The van der Waals surface area contributed by atoms with Crippen molar-refractivity contribution in [1.82, 2.24) is 0 Å². The predicted molar refractivity (Wildman–Crippen MR) is 57.9 cm³/mol. The van der Waals surface area contributed by atoms with Gasteiger partial charge in [0.2, 0.25) is 0 Å². The molecule has 0 spiro atoms. The molecule has 6 nitrogen and oxygen atoms in total. The van der Waals surface area contributed by atoms with Crippen molar-refractivity contribution < 1.29 is 19.2 Å². The number of nitrogen functional groups attached to an aromatic ring is 1. The second-order valence-electron chi connectivity index (χ2n) is 2.71. The Morgan fingerprint density at radius 1 is 1.40 bits per heavy atom. The largest absolute Gasteiger partial charge is 0.466 e. The Kier molecular flexibility index (Phi) is 6.15. The van der Waals surface area contributed by atoms with Gasteiger partial charge in [-0.15, -0.1) is 0 Å². The van der Waals surface area contributed by atoms with E-state index >= 15 is 0 Å². The molecule has 0 aliphatic heterocycles. The summed E-state index contributed by atoms with van der Waals surface area (Å²) in [7, 11) is -4.64. The van der Waals surface area contributed by atoms with Crippen LogP contribution in [-0.4, -0.2) is 14.7 Å². The van der Waals surface area contributed by atoms with Crippen molar-refractivity contribution in [3.8, 4) is 0 Å². The fraction of sp³-hybridized carbons (Fsp3) is 0.250. The highest BCUT2D eigenvalue weighted by molar-refractivity contribution is 7.45. The van der Waals surface area contributed by atoms with Crippen LogP contribution >= 0.6 is 7.82 Å². The molecule has 7 heteroatoms. The third-order valence-corrected chi connectivity index (χ3v) is 1.50. The number of benzene rings is 1. The molecule has 0 amide bonds. The second kappa shape index (κ2) is 6.55. The lowest BCUT2D eigenvalue weighted by molar-refractivity contribution is 0.275. The maximum Gasteiger partial charge on any atom is 0.466 e. The van der Waals surface area contributed by atoms with Crippen LogP contribution in [0.25, 0.3) is 0 Å². The Bertz CT molecular complexity index is 312. The van der Waals surface area contributed by atoms with Gasteiger partial charge >= 0.3 is 7.82 Å². The average molecular weight is 234 g/mol. The third-order valence-electron chi connectivity index (χ3n) is 1.50. The molecule has 0 unspecified atom stereocenters. The highest BCUT2D eigenvalue weighted by Gasteiger charge is 2.00. The minimum Gasteiger partial charge on any atom is -0.324 e. The van der Waals surface area contributed by atoms with Crippen LogP contribution in [0.3, 0.4) is 0 Å². The summed E-state index contributed by atoms with van der Waals surface area (Å²) in [5, 5.41) is 0. The number of rotatable bonds is 2. The van der Waals surface area contributed by atoms with Gasteiger partial charge in [-0.2, -0.15) is 0 Å². The summed E-state index contributed by atoms with van der Waals surface area (Å²) in [6.07, 6.45) is 1.05. The molecular formula is C8H15N2O4P. The third kappa shape index (κ3) is 9.40. The molecular weight excluding hydrogens is 219 g/mol. The van der Waals surface area contributed by atoms with E-state index in [1.165, 1.54) is 5.56 Å². The fourth-order valence-electron chi connectivity index (χ4n) is 0.881. The zero-order valence-electron chi connectivity index (χ0n) is 8.29. The number of anilines is 1. The molecule has 0 aromatic heterocycles. The SMILES string of the molecule is CCc1cccc(NN)c1.O=P(O)(O)O. The Hall–Kier alpha value is -0.910. The molecule has 1 aromatic rings. The molecule has 86 valence electrons. The molecule has 0 saturated heterocycles. The van der Waals surface area contributed by atoms with Gasteiger partial charge < -0.3 is 20.1 Å². The smallest absolute Gasteiger partial charge is 0.324 e. The van der Waals surface area contributed by atoms with Gasteiger partial charge in [-0.25, -0.2) is 4.57 Å². The lowest BCUT2D eigenvalue weighted by atomic mass is 10.1. The van der Waals surface area contributed by atoms with Crippen molar-refractivity contribution in [3.63, 3.8) is 0 Å². The van der Waals surface area contributed by atoms with Crippen molar-refractivity contribution in [2.75, 3.05) is 5.43 Å². The van der Waals surface area contributed by atoms with E-state index in [1.807, 2.05) is 18.2 Å². The Labute approximate surface area is 88.0 Å².